The molecule has 0 aliphatic carbocycles. The summed E-state index contributed by atoms with van der Waals surface area (Å²) >= 11 is 7.77. The number of hydrogen-bond donors (Lipinski definition) is 0. The van der Waals surface area contributed by atoms with Gasteiger partial charge in [0.1, 0.15) is 0 Å². The van der Waals surface area contributed by atoms with Gasteiger partial charge in [0, 0.05) is 18.1 Å². The van der Waals surface area contributed by atoms with Gasteiger partial charge >= 0.3 is 0 Å². The highest BCUT2D eigenvalue weighted by Gasteiger charge is 2.26. The Kier molecular flexibility index (Phi) is 5.22. The van der Waals surface area contributed by atoms with E-state index < -0.39 is 0 Å². The molecule has 10 heteroatoms. The fourth-order valence-corrected chi connectivity index (χ4v) is 4.49. The van der Waals surface area contributed by atoms with Gasteiger partial charge in [-0.3, -0.25) is 4.57 Å². The lowest BCUT2D eigenvalue weighted by Crippen LogP contribution is -2.22. The molecule has 1 aromatic carbocycles. The Bertz CT molecular complexity index is 1140. The van der Waals surface area contributed by atoms with Crippen molar-refractivity contribution in [2.24, 2.45) is 0 Å². The number of rotatable bonds is 6. The van der Waals surface area contributed by atoms with Crippen molar-refractivity contribution in [3.05, 3.63) is 53.6 Å². The maximum atomic E-state index is 6.26. The second-order valence-corrected chi connectivity index (χ2v) is 8.73. The summed E-state index contributed by atoms with van der Waals surface area (Å²) in [6, 6.07) is 11.3. The average Bonchev–Trinajstić information content (AvgIpc) is 3.55. The molecule has 30 heavy (non-hydrogen) atoms. The van der Waals surface area contributed by atoms with Gasteiger partial charge in [-0.05, 0) is 50.1 Å². The van der Waals surface area contributed by atoms with Gasteiger partial charge < -0.3 is 13.8 Å². The van der Waals surface area contributed by atoms with E-state index in [4.69, 9.17) is 20.5 Å². The molecule has 1 atom stereocenters. The van der Waals surface area contributed by atoms with Crippen molar-refractivity contribution in [2.45, 2.75) is 30.2 Å². The number of thioether (sulfide) groups is 1. The molecule has 0 bridgehead atoms. The Balaban J connectivity index is 1.46. The monoisotopic (exact) mass is 442 g/mol. The zero-order valence-electron chi connectivity index (χ0n) is 16.2. The third kappa shape index (κ3) is 3.70. The molecule has 1 fully saturated rings. The first kappa shape index (κ1) is 19.2. The predicted octanol–water partition coefficient (Wildman–Crippen LogP) is 5.02. The number of anilines is 1. The van der Waals surface area contributed by atoms with Crippen LogP contribution in [0.4, 0.5) is 5.95 Å². The van der Waals surface area contributed by atoms with Crippen LogP contribution in [0, 0.1) is 0 Å². The number of halogens is 1. The molecular formula is C20H19ClN6O2S. The minimum Gasteiger partial charge on any atom is -0.461 e. The summed E-state index contributed by atoms with van der Waals surface area (Å²) in [5.74, 6) is 2.32. The Morgan fingerprint density at radius 2 is 2.00 bits per heavy atom. The molecule has 0 N–H and O–H groups in total. The molecule has 4 heterocycles. The summed E-state index contributed by atoms with van der Waals surface area (Å²) in [6.45, 7) is 3.93. The Hall–Kier alpha value is -2.78. The third-order valence-corrected chi connectivity index (χ3v) is 6.15. The van der Waals surface area contributed by atoms with Gasteiger partial charge in [0.15, 0.2) is 10.9 Å². The van der Waals surface area contributed by atoms with Crippen LogP contribution in [0.15, 0.2) is 56.8 Å². The Morgan fingerprint density at radius 3 is 2.77 bits per heavy atom. The minimum atomic E-state index is -0.130. The molecule has 0 radical (unpaired) electrons. The third-order valence-electron chi connectivity index (χ3n) is 4.88. The lowest BCUT2D eigenvalue weighted by Gasteiger charge is -2.19. The van der Waals surface area contributed by atoms with Crippen LogP contribution in [0.1, 0.15) is 30.9 Å². The van der Waals surface area contributed by atoms with E-state index in [1.165, 1.54) is 11.8 Å². The van der Waals surface area contributed by atoms with Crippen LogP contribution in [0.3, 0.4) is 0 Å². The van der Waals surface area contributed by atoms with Gasteiger partial charge in [-0.1, -0.05) is 34.6 Å². The molecule has 5 rings (SSSR count). The highest BCUT2D eigenvalue weighted by molar-refractivity contribution is 7.99. The molecule has 8 nitrogen and oxygen atoms in total. The first-order valence-electron chi connectivity index (χ1n) is 9.69. The molecule has 3 aromatic heterocycles. The second-order valence-electron chi connectivity index (χ2n) is 6.99. The summed E-state index contributed by atoms with van der Waals surface area (Å²) in [6.07, 6.45) is 3.88. The van der Waals surface area contributed by atoms with Crippen molar-refractivity contribution < 1.29 is 8.94 Å². The Morgan fingerprint density at radius 1 is 1.13 bits per heavy atom. The molecule has 0 unspecified atom stereocenters. The topological polar surface area (TPSA) is 86.0 Å². The maximum absolute atomic E-state index is 6.26. The summed E-state index contributed by atoms with van der Waals surface area (Å²) in [5, 5.41) is 14.3. The van der Waals surface area contributed by atoms with Crippen LogP contribution in [0.5, 0.6) is 0 Å². The smallest absolute Gasteiger partial charge is 0.240 e. The van der Waals surface area contributed by atoms with E-state index in [0.717, 1.165) is 42.7 Å². The number of furan rings is 1. The fraction of sp³-hybridized carbons (Fsp3) is 0.300. The first-order valence-corrected chi connectivity index (χ1v) is 11.0. The molecular weight excluding hydrogens is 424 g/mol. The largest absolute Gasteiger partial charge is 0.461 e. The molecule has 4 aromatic rings. The van der Waals surface area contributed by atoms with Crippen molar-refractivity contribution in [3.8, 4) is 17.3 Å². The number of benzene rings is 1. The molecule has 1 aliphatic rings. The highest BCUT2D eigenvalue weighted by atomic mass is 35.5. The van der Waals surface area contributed by atoms with Crippen LogP contribution < -0.4 is 4.90 Å². The van der Waals surface area contributed by atoms with Crippen LogP contribution in [-0.4, -0.2) is 38.0 Å². The van der Waals surface area contributed by atoms with Crippen LogP contribution in [-0.2, 0) is 0 Å². The van der Waals surface area contributed by atoms with Crippen LogP contribution in [0.2, 0.25) is 5.02 Å². The van der Waals surface area contributed by atoms with Gasteiger partial charge in [0.25, 0.3) is 0 Å². The SMILES string of the molecule is C[C@@H](Sc1nnc(N2CCCC2)n1-c1cccc(Cl)c1)c1nc(-c2ccco2)no1. The van der Waals surface area contributed by atoms with Gasteiger partial charge in [-0.2, -0.15) is 4.98 Å². The van der Waals surface area contributed by atoms with Crippen LogP contribution in [0.25, 0.3) is 17.3 Å². The van der Waals surface area contributed by atoms with Gasteiger partial charge in [-0.15, -0.1) is 10.2 Å². The van der Waals surface area contributed by atoms with E-state index >= 15 is 0 Å². The summed E-state index contributed by atoms with van der Waals surface area (Å²) in [4.78, 5) is 6.72. The molecule has 1 saturated heterocycles. The highest BCUT2D eigenvalue weighted by Crippen LogP contribution is 2.37. The fourth-order valence-electron chi connectivity index (χ4n) is 3.42. The maximum Gasteiger partial charge on any atom is 0.240 e. The average molecular weight is 443 g/mol. The van der Waals surface area contributed by atoms with Crippen LogP contribution >= 0.6 is 23.4 Å². The normalized spacial score (nSPS) is 15.1. The first-order chi connectivity index (χ1) is 14.7. The molecule has 1 aliphatic heterocycles. The quantitative estimate of drug-likeness (QED) is 0.385. The molecule has 0 spiro atoms. The van der Waals surface area contributed by atoms with E-state index in [2.05, 4.69) is 25.2 Å². The second kappa shape index (κ2) is 8.16. The number of aromatic nitrogens is 5. The zero-order chi connectivity index (χ0) is 20.5. The minimum absolute atomic E-state index is 0.130. The van der Waals surface area contributed by atoms with Crippen molar-refractivity contribution in [1.82, 2.24) is 24.9 Å². The van der Waals surface area contributed by atoms with E-state index in [1.807, 2.05) is 35.8 Å². The van der Waals surface area contributed by atoms with E-state index in [0.29, 0.717) is 22.5 Å². The standard InChI is InChI=1S/C20H19ClN6O2S/c1-13(18-22-17(25-29-18)16-8-5-11-28-16)30-20-24-23-19(26-9-2-3-10-26)27(20)15-7-4-6-14(21)12-15/h4-8,11-13H,2-3,9-10H2,1H3/t13-/m1/s1. The van der Waals surface area contributed by atoms with Crippen molar-refractivity contribution in [3.63, 3.8) is 0 Å². The van der Waals surface area contributed by atoms with Crippen molar-refractivity contribution >= 4 is 29.3 Å². The summed E-state index contributed by atoms with van der Waals surface area (Å²) in [7, 11) is 0. The lowest BCUT2D eigenvalue weighted by molar-refractivity contribution is 0.379. The lowest BCUT2D eigenvalue weighted by atomic mass is 10.3. The Labute approximate surface area is 182 Å². The van der Waals surface area contributed by atoms with Crippen molar-refractivity contribution in [1.29, 1.82) is 0 Å². The van der Waals surface area contributed by atoms with E-state index in [9.17, 15) is 0 Å². The predicted molar refractivity (Wildman–Crippen MR) is 114 cm³/mol. The van der Waals surface area contributed by atoms with Gasteiger partial charge in [0.2, 0.25) is 17.7 Å². The van der Waals surface area contributed by atoms with Crippen molar-refractivity contribution in [2.75, 3.05) is 18.0 Å². The zero-order valence-corrected chi connectivity index (χ0v) is 17.8. The molecule has 0 saturated carbocycles. The van der Waals surface area contributed by atoms with E-state index in [1.54, 1.807) is 18.4 Å². The molecule has 0 amide bonds. The summed E-state index contributed by atoms with van der Waals surface area (Å²) in [5.41, 5.74) is 0.922. The summed E-state index contributed by atoms with van der Waals surface area (Å²) < 4.78 is 12.8. The molecule has 154 valence electrons. The van der Waals surface area contributed by atoms with Gasteiger partial charge in [0.05, 0.1) is 17.2 Å². The van der Waals surface area contributed by atoms with E-state index in [-0.39, 0.29) is 5.25 Å². The number of nitrogens with zero attached hydrogens (tertiary/aromatic N) is 6. The van der Waals surface area contributed by atoms with Gasteiger partial charge in [-0.25, -0.2) is 0 Å². The number of hydrogen-bond acceptors (Lipinski definition) is 8.